The van der Waals surface area contributed by atoms with E-state index in [-0.39, 0.29) is 0 Å². The molecule has 0 aliphatic rings. The van der Waals surface area contributed by atoms with Crippen LogP contribution >= 0.6 is 0 Å². The van der Waals surface area contributed by atoms with Crippen molar-refractivity contribution in [3.8, 4) is 0 Å². The standard InChI is InChI=1S/C11H17N/c1-4-9-7-8-10(5-2)12-11(9)6-3/h7-8H,4-6H2,1-3H3. The van der Waals surface area contributed by atoms with E-state index in [1.54, 1.807) is 0 Å². The maximum absolute atomic E-state index is 4.58. The predicted molar refractivity (Wildman–Crippen MR) is 52.4 cm³/mol. The predicted octanol–water partition coefficient (Wildman–Crippen LogP) is 2.77. The number of hydrogen-bond acceptors (Lipinski definition) is 1. The van der Waals surface area contributed by atoms with Gasteiger partial charge in [0, 0.05) is 11.4 Å². The van der Waals surface area contributed by atoms with E-state index in [1.807, 2.05) is 0 Å². The van der Waals surface area contributed by atoms with Crippen LogP contribution in [0, 0.1) is 0 Å². The van der Waals surface area contributed by atoms with Gasteiger partial charge >= 0.3 is 0 Å². The van der Waals surface area contributed by atoms with Crippen molar-refractivity contribution in [3.63, 3.8) is 0 Å². The van der Waals surface area contributed by atoms with E-state index in [9.17, 15) is 0 Å². The Hall–Kier alpha value is -0.850. The molecule has 12 heavy (non-hydrogen) atoms. The molecular weight excluding hydrogens is 146 g/mol. The van der Waals surface area contributed by atoms with E-state index in [4.69, 9.17) is 0 Å². The van der Waals surface area contributed by atoms with E-state index < -0.39 is 0 Å². The Kier molecular flexibility index (Phi) is 3.27. The van der Waals surface area contributed by atoms with Gasteiger partial charge in [-0.3, -0.25) is 4.98 Å². The zero-order valence-electron chi connectivity index (χ0n) is 8.22. The van der Waals surface area contributed by atoms with Crippen LogP contribution in [-0.2, 0) is 19.3 Å². The minimum atomic E-state index is 1.04. The molecule has 0 aliphatic carbocycles. The monoisotopic (exact) mass is 163 g/mol. The molecule has 0 radical (unpaired) electrons. The number of hydrogen-bond donors (Lipinski definition) is 0. The lowest BCUT2D eigenvalue weighted by atomic mass is 10.1. The van der Waals surface area contributed by atoms with Gasteiger partial charge in [0.05, 0.1) is 0 Å². The third-order valence-corrected chi connectivity index (χ3v) is 2.20. The molecule has 0 saturated heterocycles. The van der Waals surface area contributed by atoms with E-state index in [2.05, 4.69) is 37.9 Å². The second-order valence-electron chi connectivity index (χ2n) is 2.97. The van der Waals surface area contributed by atoms with Crippen LogP contribution in [0.2, 0.25) is 0 Å². The summed E-state index contributed by atoms with van der Waals surface area (Å²) in [7, 11) is 0. The summed E-state index contributed by atoms with van der Waals surface area (Å²) in [6, 6.07) is 4.35. The zero-order chi connectivity index (χ0) is 8.97. The summed E-state index contributed by atoms with van der Waals surface area (Å²) in [4.78, 5) is 4.58. The molecule has 0 aliphatic heterocycles. The Morgan fingerprint density at radius 3 is 2.25 bits per heavy atom. The summed E-state index contributed by atoms with van der Waals surface area (Å²) in [6.07, 6.45) is 3.19. The molecule has 1 aromatic rings. The van der Waals surface area contributed by atoms with Gasteiger partial charge < -0.3 is 0 Å². The van der Waals surface area contributed by atoms with Crippen LogP contribution in [0.1, 0.15) is 37.7 Å². The summed E-state index contributed by atoms with van der Waals surface area (Å²) in [6.45, 7) is 6.50. The lowest BCUT2D eigenvalue weighted by Crippen LogP contribution is -1.98. The first kappa shape index (κ1) is 9.24. The van der Waals surface area contributed by atoms with Crippen molar-refractivity contribution in [2.75, 3.05) is 0 Å². The smallest absolute Gasteiger partial charge is 0.0436 e. The van der Waals surface area contributed by atoms with E-state index >= 15 is 0 Å². The van der Waals surface area contributed by atoms with Crippen molar-refractivity contribution in [1.82, 2.24) is 4.98 Å². The Morgan fingerprint density at radius 1 is 1.00 bits per heavy atom. The van der Waals surface area contributed by atoms with Crippen LogP contribution in [0.3, 0.4) is 0 Å². The number of nitrogens with zero attached hydrogens (tertiary/aromatic N) is 1. The first-order chi connectivity index (χ1) is 5.81. The van der Waals surface area contributed by atoms with Gasteiger partial charge in [0.2, 0.25) is 0 Å². The fourth-order valence-electron chi connectivity index (χ4n) is 1.40. The first-order valence-electron chi connectivity index (χ1n) is 4.79. The molecule has 0 amide bonds. The largest absolute Gasteiger partial charge is 0.258 e. The second-order valence-corrected chi connectivity index (χ2v) is 2.97. The highest BCUT2D eigenvalue weighted by atomic mass is 14.7. The zero-order valence-corrected chi connectivity index (χ0v) is 8.22. The summed E-state index contributed by atoms with van der Waals surface area (Å²) >= 11 is 0. The first-order valence-corrected chi connectivity index (χ1v) is 4.79. The second kappa shape index (κ2) is 4.24. The van der Waals surface area contributed by atoms with Crippen LogP contribution in [0.5, 0.6) is 0 Å². The van der Waals surface area contributed by atoms with Gasteiger partial charge in [0.1, 0.15) is 0 Å². The van der Waals surface area contributed by atoms with Crippen molar-refractivity contribution in [1.29, 1.82) is 0 Å². The third-order valence-electron chi connectivity index (χ3n) is 2.20. The van der Waals surface area contributed by atoms with Crippen molar-refractivity contribution >= 4 is 0 Å². The summed E-state index contributed by atoms with van der Waals surface area (Å²) < 4.78 is 0. The molecule has 1 aromatic heterocycles. The highest BCUT2D eigenvalue weighted by Crippen LogP contribution is 2.09. The molecule has 0 unspecified atom stereocenters. The molecule has 0 bridgehead atoms. The highest BCUT2D eigenvalue weighted by molar-refractivity contribution is 5.23. The number of rotatable bonds is 3. The molecule has 1 nitrogen and oxygen atoms in total. The third kappa shape index (κ3) is 1.84. The van der Waals surface area contributed by atoms with Gasteiger partial charge in [-0.25, -0.2) is 0 Å². The Balaban J connectivity index is 3.02. The van der Waals surface area contributed by atoms with Gasteiger partial charge in [0.15, 0.2) is 0 Å². The molecule has 0 atom stereocenters. The normalized spacial score (nSPS) is 10.2. The average Bonchev–Trinajstić information content (AvgIpc) is 2.16. The lowest BCUT2D eigenvalue weighted by molar-refractivity contribution is 0.913. The van der Waals surface area contributed by atoms with Crippen molar-refractivity contribution in [2.24, 2.45) is 0 Å². The van der Waals surface area contributed by atoms with Crippen LogP contribution in [0.15, 0.2) is 12.1 Å². The number of aromatic nitrogens is 1. The van der Waals surface area contributed by atoms with Gasteiger partial charge in [-0.1, -0.05) is 26.8 Å². The van der Waals surface area contributed by atoms with Crippen LogP contribution in [0.25, 0.3) is 0 Å². The molecule has 0 spiro atoms. The molecule has 66 valence electrons. The summed E-state index contributed by atoms with van der Waals surface area (Å²) in [5.74, 6) is 0. The SMILES string of the molecule is CCc1ccc(CC)c(CC)n1. The van der Waals surface area contributed by atoms with E-state index in [0.717, 1.165) is 19.3 Å². The minimum Gasteiger partial charge on any atom is -0.258 e. The van der Waals surface area contributed by atoms with E-state index in [0.29, 0.717) is 0 Å². The fourth-order valence-corrected chi connectivity index (χ4v) is 1.40. The Labute approximate surface area is 74.8 Å². The lowest BCUT2D eigenvalue weighted by Gasteiger charge is -2.05. The molecule has 0 aromatic carbocycles. The molecular formula is C11H17N. The van der Waals surface area contributed by atoms with Crippen molar-refractivity contribution in [3.05, 3.63) is 29.1 Å². The van der Waals surface area contributed by atoms with Gasteiger partial charge in [0.25, 0.3) is 0 Å². The quantitative estimate of drug-likeness (QED) is 0.667. The number of pyridine rings is 1. The summed E-state index contributed by atoms with van der Waals surface area (Å²) in [5.41, 5.74) is 3.88. The molecule has 1 rings (SSSR count). The summed E-state index contributed by atoms with van der Waals surface area (Å²) in [5, 5.41) is 0. The molecule has 1 heterocycles. The van der Waals surface area contributed by atoms with Crippen LogP contribution in [0.4, 0.5) is 0 Å². The van der Waals surface area contributed by atoms with Gasteiger partial charge in [-0.15, -0.1) is 0 Å². The average molecular weight is 163 g/mol. The Morgan fingerprint density at radius 2 is 1.75 bits per heavy atom. The van der Waals surface area contributed by atoms with Gasteiger partial charge in [-0.2, -0.15) is 0 Å². The Bertz CT molecular complexity index is 253. The minimum absolute atomic E-state index is 1.04. The molecule has 0 fully saturated rings. The maximum Gasteiger partial charge on any atom is 0.0436 e. The highest BCUT2D eigenvalue weighted by Gasteiger charge is 2.00. The van der Waals surface area contributed by atoms with Gasteiger partial charge in [-0.05, 0) is 30.9 Å². The van der Waals surface area contributed by atoms with Crippen molar-refractivity contribution in [2.45, 2.75) is 40.0 Å². The molecule has 0 N–H and O–H groups in total. The fraction of sp³-hybridized carbons (Fsp3) is 0.545. The van der Waals surface area contributed by atoms with Crippen LogP contribution in [-0.4, -0.2) is 4.98 Å². The topological polar surface area (TPSA) is 12.9 Å². The molecule has 0 saturated carbocycles. The number of aryl methyl sites for hydroxylation is 3. The van der Waals surface area contributed by atoms with Crippen molar-refractivity contribution < 1.29 is 0 Å². The van der Waals surface area contributed by atoms with Crippen LogP contribution < -0.4 is 0 Å². The van der Waals surface area contributed by atoms with E-state index in [1.165, 1.54) is 17.0 Å². The molecule has 1 heteroatoms. The maximum atomic E-state index is 4.58.